The minimum Gasteiger partial charge on any atom is -0.297 e. The van der Waals surface area contributed by atoms with Crippen LogP contribution >= 0.6 is 23.4 Å². The van der Waals surface area contributed by atoms with Gasteiger partial charge >= 0.3 is 0 Å². The van der Waals surface area contributed by atoms with Crippen LogP contribution in [0.3, 0.4) is 0 Å². The summed E-state index contributed by atoms with van der Waals surface area (Å²) >= 11 is 8.44. The number of halogens is 1. The number of hydrogen-bond acceptors (Lipinski definition) is 3. The van der Waals surface area contributed by atoms with Crippen LogP contribution in [0.4, 0.5) is 0 Å². The summed E-state index contributed by atoms with van der Waals surface area (Å²) in [7, 11) is 0. The fourth-order valence-electron chi connectivity index (χ4n) is 2.66. The van der Waals surface area contributed by atoms with Gasteiger partial charge in [-0.3, -0.25) is 4.90 Å². The number of benzene rings is 1. The summed E-state index contributed by atoms with van der Waals surface area (Å²) in [5.74, 6) is 1.22. The zero-order valence-corrected chi connectivity index (χ0v) is 13.3. The molecule has 1 aliphatic heterocycles. The summed E-state index contributed by atoms with van der Waals surface area (Å²) in [5.41, 5.74) is 2.12. The third-order valence-corrected chi connectivity index (χ3v) is 5.52. The van der Waals surface area contributed by atoms with Gasteiger partial charge in [-0.2, -0.15) is 11.8 Å². The first-order chi connectivity index (χ1) is 9.76. The molecule has 1 aliphatic rings. The van der Waals surface area contributed by atoms with Gasteiger partial charge in [-0.25, -0.2) is 4.98 Å². The molecule has 0 radical (unpaired) electrons. The van der Waals surface area contributed by atoms with E-state index < -0.39 is 0 Å². The third kappa shape index (κ3) is 3.11. The molecule has 106 valence electrons. The highest BCUT2D eigenvalue weighted by Crippen LogP contribution is 2.25. The molecule has 1 fully saturated rings. The van der Waals surface area contributed by atoms with Crippen molar-refractivity contribution in [2.45, 2.75) is 25.1 Å². The third-order valence-electron chi connectivity index (χ3n) is 3.82. The largest absolute Gasteiger partial charge is 0.297 e. The van der Waals surface area contributed by atoms with Crippen LogP contribution in [-0.2, 0) is 6.54 Å². The molecular formula is C16H19ClN2S. The van der Waals surface area contributed by atoms with Gasteiger partial charge in [0.05, 0.1) is 5.52 Å². The fourth-order valence-corrected chi connectivity index (χ4v) is 4.11. The molecule has 1 atom stereocenters. The highest BCUT2D eigenvalue weighted by atomic mass is 35.5. The average molecular weight is 307 g/mol. The smallest absolute Gasteiger partial charge is 0.134 e. The quantitative estimate of drug-likeness (QED) is 0.790. The van der Waals surface area contributed by atoms with E-state index in [1.54, 1.807) is 0 Å². The first-order valence-corrected chi connectivity index (χ1v) is 8.57. The zero-order chi connectivity index (χ0) is 13.9. The van der Waals surface area contributed by atoms with Gasteiger partial charge in [-0.15, -0.1) is 0 Å². The van der Waals surface area contributed by atoms with Gasteiger partial charge in [0, 0.05) is 41.6 Å². The molecule has 0 spiro atoms. The molecule has 0 amide bonds. The van der Waals surface area contributed by atoms with Crippen LogP contribution in [0.1, 0.15) is 18.9 Å². The van der Waals surface area contributed by atoms with Crippen molar-refractivity contribution in [3.8, 4) is 0 Å². The van der Waals surface area contributed by atoms with Crippen LogP contribution in [0.25, 0.3) is 10.9 Å². The molecule has 4 heteroatoms. The lowest BCUT2D eigenvalue weighted by atomic mass is 10.1. The van der Waals surface area contributed by atoms with Gasteiger partial charge in [0.2, 0.25) is 0 Å². The molecule has 0 aliphatic carbocycles. The molecule has 20 heavy (non-hydrogen) atoms. The number of aromatic nitrogens is 1. The number of pyridine rings is 1. The number of rotatable bonds is 3. The Hall–Kier alpha value is -0.770. The van der Waals surface area contributed by atoms with Crippen LogP contribution < -0.4 is 0 Å². The van der Waals surface area contributed by atoms with E-state index in [4.69, 9.17) is 11.6 Å². The molecule has 0 bridgehead atoms. The zero-order valence-electron chi connectivity index (χ0n) is 11.7. The molecule has 1 aromatic carbocycles. The Balaban J connectivity index is 1.81. The van der Waals surface area contributed by atoms with Gasteiger partial charge in [0.15, 0.2) is 0 Å². The lowest BCUT2D eigenvalue weighted by molar-refractivity contribution is 0.273. The topological polar surface area (TPSA) is 16.1 Å². The van der Waals surface area contributed by atoms with Crippen molar-refractivity contribution in [1.29, 1.82) is 0 Å². The Morgan fingerprint density at radius 2 is 2.25 bits per heavy atom. The molecule has 1 unspecified atom stereocenters. The Kier molecular flexibility index (Phi) is 4.49. The predicted octanol–water partition coefficient (Wildman–Crippen LogP) is 4.22. The molecule has 2 aromatic rings. The summed E-state index contributed by atoms with van der Waals surface area (Å²) in [6.07, 6.45) is 1.24. The second-order valence-electron chi connectivity index (χ2n) is 5.27. The normalized spacial score (nSPS) is 20.4. The molecule has 3 rings (SSSR count). The maximum Gasteiger partial charge on any atom is 0.134 e. The number of para-hydroxylation sites is 1. The van der Waals surface area contributed by atoms with E-state index in [0.29, 0.717) is 5.15 Å². The second-order valence-corrected chi connectivity index (χ2v) is 7.03. The summed E-state index contributed by atoms with van der Waals surface area (Å²) in [5, 5.41) is 2.58. The molecule has 0 N–H and O–H groups in total. The van der Waals surface area contributed by atoms with Gasteiger partial charge in [0.1, 0.15) is 5.15 Å². The van der Waals surface area contributed by atoms with Crippen molar-refractivity contribution in [2.24, 2.45) is 0 Å². The Morgan fingerprint density at radius 1 is 1.40 bits per heavy atom. The van der Waals surface area contributed by atoms with E-state index in [1.165, 1.54) is 17.6 Å². The molecule has 1 aromatic heterocycles. The van der Waals surface area contributed by atoms with E-state index in [0.717, 1.165) is 36.0 Å². The van der Waals surface area contributed by atoms with Crippen molar-refractivity contribution >= 4 is 34.3 Å². The lowest BCUT2D eigenvalue weighted by Crippen LogP contribution is -2.37. The Bertz CT molecular complexity index is 602. The minimum atomic E-state index is 0.648. The summed E-state index contributed by atoms with van der Waals surface area (Å²) in [6, 6.07) is 10.3. The van der Waals surface area contributed by atoms with Crippen LogP contribution in [-0.4, -0.2) is 34.0 Å². The molecular weight excluding hydrogens is 288 g/mol. The maximum atomic E-state index is 6.35. The molecule has 0 saturated carbocycles. The Labute approximate surface area is 129 Å². The first-order valence-electron chi connectivity index (χ1n) is 7.14. The molecule has 1 saturated heterocycles. The minimum absolute atomic E-state index is 0.648. The van der Waals surface area contributed by atoms with Gasteiger partial charge in [0.25, 0.3) is 0 Å². The van der Waals surface area contributed by atoms with Crippen LogP contribution in [0, 0.1) is 0 Å². The second kappa shape index (κ2) is 6.33. The van der Waals surface area contributed by atoms with E-state index in [1.807, 2.05) is 18.2 Å². The fraction of sp³-hybridized carbons (Fsp3) is 0.438. The number of thioether (sulfide) groups is 1. The predicted molar refractivity (Wildman–Crippen MR) is 88.6 cm³/mol. The standard InChI is InChI=1S/C16H19ClN2S/c1-2-14-11-19(7-8-20-14)10-13-9-12-5-3-4-6-15(12)18-16(13)17/h3-6,9,14H,2,7-8,10-11H2,1H3. The van der Waals surface area contributed by atoms with Crippen molar-refractivity contribution < 1.29 is 0 Å². The molecule has 2 nitrogen and oxygen atoms in total. The summed E-state index contributed by atoms with van der Waals surface area (Å²) in [6.45, 7) is 5.48. The van der Waals surface area contributed by atoms with Gasteiger partial charge in [-0.1, -0.05) is 36.7 Å². The van der Waals surface area contributed by atoms with Crippen molar-refractivity contribution in [3.63, 3.8) is 0 Å². The van der Waals surface area contributed by atoms with Gasteiger partial charge < -0.3 is 0 Å². The number of nitrogens with zero attached hydrogens (tertiary/aromatic N) is 2. The van der Waals surface area contributed by atoms with E-state index >= 15 is 0 Å². The van der Waals surface area contributed by atoms with Crippen molar-refractivity contribution in [2.75, 3.05) is 18.8 Å². The summed E-state index contributed by atoms with van der Waals surface area (Å²) in [4.78, 5) is 7.02. The first kappa shape index (κ1) is 14.2. The van der Waals surface area contributed by atoms with E-state index in [-0.39, 0.29) is 0 Å². The monoisotopic (exact) mass is 306 g/mol. The van der Waals surface area contributed by atoms with Crippen molar-refractivity contribution in [3.05, 3.63) is 41.0 Å². The SMILES string of the molecule is CCC1CN(Cc2cc3ccccc3nc2Cl)CCS1. The van der Waals surface area contributed by atoms with Crippen molar-refractivity contribution in [1.82, 2.24) is 9.88 Å². The molecule has 2 heterocycles. The highest BCUT2D eigenvalue weighted by molar-refractivity contribution is 8.00. The lowest BCUT2D eigenvalue weighted by Gasteiger charge is -2.32. The van der Waals surface area contributed by atoms with Crippen LogP contribution in [0.5, 0.6) is 0 Å². The average Bonchev–Trinajstić information content (AvgIpc) is 2.48. The van der Waals surface area contributed by atoms with Gasteiger partial charge in [-0.05, 0) is 18.6 Å². The maximum absolute atomic E-state index is 6.35. The summed E-state index contributed by atoms with van der Waals surface area (Å²) < 4.78 is 0. The van der Waals surface area contributed by atoms with Crippen LogP contribution in [0.2, 0.25) is 5.15 Å². The Morgan fingerprint density at radius 3 is 3.10 bits per heavy atom. The van der Waals surface area contributed by atoms with E-state index in [2.05, 4.69) is 40.7 Å². The van der Waals surface area contributed by atoms with E-state index in [9.17, 15) is 0 Å². The highest BCUT2D eigenvalue weighted by Gasteiger charge is 2.20. The van der Waals surface area contributed by atoms with Crippen LogP contribution in [0.15, 0.2) is 30.3 Å². The number of fused-ring (bicyclic) bond motifs is 1. The number of hydrogen-bond donors (Lipinski definition) is 0.